The van der Waals surface area contributed by atoms with Crippen LogP contribution >= 0.6 is 11.8 Å². The van der Waals surface area contributed by atoms with Crippen LogP contribution in [0.25, 0.3) is 0 Å². The summed E-state index contributed by atoms with van der Waals surface area (Å²) in [4.78, 5) is 24.9. The Morgan fingerprint density at radius 3 is 2.63 bits per heavy atom. The molecule has 0 aromatic heterocycles. The van der Waals surface area contributed by atoms with E-state index in [1.807, 2.05) is 13.8 Å². The van der Waals surface area contributed by atoms with Gasteiger partial charge in [0.2, 0.25) is 0 Å². The molecule has 5 nitrogen and oxygen atoms in total. The molecular formula is C13H20N2O3S. The molecule has 0 saturated carbocycles. The van der Waals surface area contributed by atoms with Crippen molar-refractivity contribution in [1.29, 1.82) is 0 Å². The summed E-state index contributed by atoms with van der Waals surface area (Å²) in [7, 11) is 0. The zero-order chi connectivity index (χ0) is 14.6. The van der Waals surface area contributed by atoms with Gasteiger partial charge in [0, 0.05) is 18.2 Å². The van der Waals surface area contributed by atoms with Crippen LogP contribution in [0.4, 0.5) is 4.79 Å². The molecular weight excluding hydrogens is 264 g/mol. The molecule has 3 atom stereocenters. The van der Waals surface area contributed by atoms with E-state index in [9.17, 15) is 14.7 Å². The highest BCUT2D eigenvalue weighted by atomic mass is 32.2. The van der Waals surface area contributed by atoms with Gasteiger partial charge in [-0.3, -0.25) is 4.90 Å². The number of carbonyl (C=O) groups excluding carboxylic acids is 1. The van der Waals surface area contributed by atoms with Crippen LogP contribution in [-0.4, -0.2) is 45.2 Å². The second-order valence-electron chi connectivity index (χ2n) is 4.99. The Balaban J connectivity index is 2.81. The van der Waals surface area contributed by atoms with Crippen molar-refractivity contribution in [3.63, 3.8) is 0 Å². The van der Waals surface area contributed by atoms with E-state index in [2.05, 4.69) is 11.2 Å². The van der Waals surface area contributed by atoms with Crippen molar-refractivity contribution in [2.24, 2.45) is 5.92 Å². The molecule has 1 aliphatic heterocycles. The van der Waals surface area contributed by atoms with Gasteiger partial charge in [0.15, 0.2) is 0 Å². The van der Waals surface area contributed by atoms with Crippen LogP contribution < -0.4 is 5.32 Å². The molecule has 0 aromatic carbocycles. The van der Waals surface area contributed by atoms with Gasteiger partial charge in [0.05, 0.1) is 5.37 Å². The number of carboxylic acids is 1. The fourth-order valence-corrected chi connectivity index (χ4v) is 3.47. The molecule has 3 unspecified atom stereocenters. The van der Waals surface area contributed by atoms with Crippen LogP contribution in [0.2, 0.25) is 0 Å². The molecule has 1 heterocycles. The van der Waals surface area contributed by atoms with E-state index in [1.54, 1.807) is 6.92 Å². The predicted molar refractivity (Wildman–Crippen MR) is 75.8 cm³/mol. The quantitative estimate of drug-likeness (QED) is 0.769. The average Bonchev–Trinajstić information content (AvgIpc) is 2.73. The predicted octanol–water partition coefficient (Wildman–Crippen LogP) is 1.59. The maximum Gasteiger partial charge on any atom is 0.327 e. The first kappa shape index (κ1) is 15.7. The second kappa shape index (κ2) is 6.71. The molecule has 0 spiro atoms. The number of nitrogens with zero attached hydrogens (tertiary/aromatic N) is 1. The minimum Gasteiger partial charge on any atom is -0.480 e. The van der Waals surface area contributed by atoms with Crippen molar-refractivity contribution < 1.29 is 14.7 Å². The maximum absolute atomic E-state index is 12.2. The van der Waals surface area contributed by atoms with Gasteiger partial charge < -0.3 is 10.4 Å². The highest BCUT2D eigenvalue weighted by molar-refractivity contribution is 8.00. The van der Waals surface area contributed by atoms with Gasteiger partial charge in [-0.2, -0.15) is 0 Å². The SMILES string of the molecule is C#CCC(C)NC(=O)N1C(C(=O)O)CSC1C(C)C. The van der Waals surface area contributed by atoms with E-state index < -0.39 is 12.0 Å². The number of urea groups is 1. The van der Waals surface area contributed by atoms with Crippen LogP contribution in [0.3, 0.4) is 0 Å². The molecule has 1 fully saturated rings. The summed E-state index contributed by atoms with van der Waals surface area (Å²) in [6, 6.07) is -1.28. The smallest absolute Gasteiger partial charge is 0.327 e. The zero-order valence-corrected chi connectivity index (χ0v) is 12.2. The van der Waals surface area contributed by atoms with Gasteiger partial charge in [-0.05, 0) is 12.8 Å². The fraction of sp³-hybridized carbons (Fsp3) is 0.692. The topological polar surface area (TPSA) is 69.6 Å². The van der Waals surface area contributed by atoms with E-state index in [-0.39, 0.29) is 23.4 Å². The molecule has 6 heteroatoms. The summed E-state index contributed by atoms with van der Waals surface area (Å²) in [6.07, 6.45) is 5.62. The molecule has 1 aliphatic rings. The minimum absolute atomic E-state index is 0.112. The first-order chi connectivity index (χ1) is 8.88. The first-order valence-electron chi connectivity index (χ1n) is 6.25. The number of hydrogen-bond acceptors (Lipinski definition) is 3. The van der Waals surface area contributed by atoms with Gasteiger partial charge >= 0.3 is 12.0 Å². The highest BCUT2D eigenvalue weighted by Crippen LogP contribution is 2.34. The summed E-state index contributed by atoms with van der Waals surface area (Å²) < 4.78 is 0. The number of rotatable bonds is 4. The van der Waals surface area contributed by atoms with Crippen molar-refractivity contribution in [3.8, 4) is 12.3 Å². The van der Waals surface area contributed by atoms with Gasteiger partial charge in [0.1, 0.15) is 6.04 Å². The lowest BCUT2D eigenvalue weighted by molar-refractivity contribution is -0.141. The molecule has 0 bridgehead atoms. The molecule has 0 aromatic rings. The molecule has 106 valence electrons. The van der Waals surface area contributed by atoms with Gasteiger partial charge in [-0.25, -0.2) is 9.59 Å². The molecule has 1 saturated heterocycles. The Bertz CT molecular complexity index is 392. The van der Waals surface area contributed by atoms with Crippen molar-refractivity contribution in [2.45, 2.75) is 44.6 Å². The Labute approximate surface area is 118 Å². The van der Waals surface area contributed by atoms with Crippen LogP contribution in [0.5, 0.6) is 0 Å². The lowest BCUT2D eigenvalue weighted by Gasteiger charge is -2.30. The highest BCUT2D eigenvalue weighted by Gasteiger charge is 2.43. The fourth-order valence-electron chi connectivity index (χ4n) is 2.00. The monoisotopic (exact) mass is 284 g/mol. The number of carboxylic acid groups (broad SMARTS) is 1. The first-order valence-corrected chi connectivity index (χ1v) is 7.30. The molecule has 0 aliphatic carbocycles. The Morgan fingerprint density at radius 1 is 1.53 bits per heavy atom. The third kappa shape index (κ3) is 3.80. The number of hydrogen-bond donors (Lipinski definition) is 2. The molecule has 0 radical (unpaired) electrons. The van der Waals surface area contributed by atoms with Crippen molar-refractivity contribution in [2.75, 3.05) is 5.75 Å². The average molecular weight is 284 g/mol. The summed E-state index contributed by atoms with van der Waals surface area (Å²) in [6.45, 7) is 5.77. The van der Waals surface area contributed by atoms with E-state index in [4.69, 9.17) is 6.42 Å². The van der Waals surface area contributed by atoms with E-state index in [1.165, 1.54) is 16.7 Å². The number of thioether (sulfide) groups is 1. The minimum atomic E-state index is -0.963. The second-order valence-corrected chi connectivity index (χ2v) is 6.14. The number of amides is 2. The van der Waals surface area contributed by atoms with E-state index in [0.29, 0.717) is 12.2 Å². The Morgan fingerprint density at radius 2 is 2.16 bits per heavy atom. The van der Waals surface area contributed by atoms with Crippen molar-refractivity contribution in [3.05, 3.63) is 0 Å². The molecule has 19 heavy (non-hydrogen) atoms. The maximum atomic E-state index is 12.2. The van der Waals surface area contributed by atoms with Gasteiger partial charge in [-0.15, -0.1) is 24.1 Å². The standard InChI is InChI=1S/C13H20N2O3S/c1-5-6-9(4)14-13(18)15-10(12(16)17)7-19-11(15)8(2)3/h1,8-11H,6-7H2,2-4H3,(H,14,18)(H,16,17). The lowest BCUT2D eigenvalue weighted by Crippen LogP contribution is -2.53. The third-order valence-corrected chi connectivity index (χ3v) is 4.54. The van der Waals surface area contributed by atoms with Gasteiger partial charge in [-0.1, -0.05) is 13.8 Å². The summed E-state index contributed by atoms with van der Waals surface area (Å²) >= 11 is 1.51. The third-order valence-electron chi connectivity index (χ3n) is 2.92. The van der Waals surface area contributed by atoms with E-state index in [0.717, 1.165) is 0 Å². The van der Waals surface area contributed by atoms with Crippen LogP contribution in [0.15, 0.2) is 0 Å². The summed E-state index contributed by atoms with van der Waals surface area (Å²) in [5, 5.41) is 11.9. The molecule has 1 rings (SSSR count). The Hall–Kier alpha value is -1.35. The van der Waals surface area contributed by atoms with Crippen LogP contribution in [0.1, 0.15) is 27.2 Å². The Kier molecular flexibility index (Phi) is 5.55. The van der Waals surface area contributed by atoms with Crippen LogP contribution in [-0.2, 0) is 4.79 Å². The summed E-state index contributed by atoms with van der Waals surface area (Å²) in [5.74, 6) is 2.14. The molecule has 2 amide bonds. The zero-order valence-electron chi connectivity index (χ0n) is 11.4. The number of aliphatic carboxylic acids is 1. The number of carbonyl (C=O) groups is 2. The lowest BCUT2D eigenvalue weighted by atomic mass is 10.1. The number of nitrogens with one attached hydrogen (secondary N) is 1. The van der Waals surface area contributed by atoms with E-state index >= 15 is 0 Å². The van der Waals surface area contributed by atoms with Crippen molar-refractivity contribution >= 4 is 23.8 Å². The van der Waals surface area contributed by atoms with Crippen LogP contribution in [0, 0.1) is 18.3 Å². The normalized spacial score (nSPS) is 24.1. The molecule has 2 N–H and O–H groups in total. The number of terminal acetylenes is 1. The summed E-state index contributed by atoms with van der Waals surface area (Å²) in [5.41, 5.74) is 0. The van der Waals surface area contributed by atoms with Gasteiger partial charge in [0.25, 0.3) is 0 Å². The largest absolute Gasteiger partial charge is 0.480 e. The van der Waals surface area contributed by atoms with Crippen molar-refractivity contribution in [1.82, 2.24) is 10.2 Å².